The highest BCUT2D eigenvalue weighted by Gasteiger charge is 2.17. The fraction of sp³-hybridized carbons (Fsp3) is 0.350. The highest BCUT2D eigenvalue weighted by atomic mass is 16.1. The Balaban J connectivity index is 1.71. The van der Waals surface area contributed by atoms with Crippen LogP contribution in [-0.4, -0.2) is 31.5 Å². The van der Waals surface area contributed by atoms with E-state index in [-0.39, 0.29) is 11.9 Å². The van der Waals surface area contributed by atoms with Crippen molar-refractivity contribution in [2.45, 2.75) is 39.8 Å². The summed E-state index contributed by atoms with van der Waals surface area (Å²) in [4.78, 5) is 12.8. The predicted molar refractivity (Wildman–Crippen MR) is 101 cm³/mol. The van der Waals surface area contributed by atoms with Crippen LogP contribution in [0.25, 0.3) is 0 Å². The van der Waals surface area contributed by atoms with E-state index in [0.717, 1.165) is 23.4 Å². The van der Waals surface area contributed by atoms with Crippen LogP contribution >= 0.6 is 0 Å². The maximum absolute atomic E-state index is 12.8. The SMILES string of the molecule is Cc1nn(C)c(C)c1C[C@H](C)NC(=O)c1ccccc1Cn1cccn1. The van der Waals surface area contributed by atoms with Crippen molar-refractivity contribution < 1.29 is 4.79 Å². The van der Waals surface area contributed by atoms with Crippen LogP contribution in [0.15, 0.2) is 42.7 Å². The van der Waals surface area contributed by atoms with E-state index in [1.54, 1.807) is 6.20 Å². The van der Waals surface area contributed by atoms with E-state index in [0.29, 0.717) is 12.1 Å². The Hall–Kier alpha value is -2.89. The van der Waals surface area contributed by atoms with E-state index in [2.05, 4.69) is 22.4 Å². The van der Waals surface area contributed by atoms with Crippen LogP contribution in [0.1, 0.15) is 39.8 Å². The fourth-order valence-electron chi connectivity index (χ4n) is 3.22. The number of nitrogens with one attached hydrogen (secondary N) is 1. The molecule has 0 saturated heterocycles. The van der Waals surface area contributed by atoms with Gasteiger partial charge >= 0.3 is 0 Å². The highest BCUT2D eigenvalue weighted by Crippen LogP contribution is 2.15. The number of rotatable bonds is 6. The average molecular weight is 351 g/mol. The Labute approximate surface area is 153 Å². The lowest BCUT2D eigenvalue weighted by molar-refractivity contribution is 0.0939. The monoisotopic (exact) mass is 351 g/mol. The van der Waals surface area contributed by atoms with Gasteiger partial charge in [0.05, 0.1) is 12.2 Å². The summed E-state index contributed by atoms with van der Waals surface area (Å²) in [6.45, 7) is 6.67. The molecule has 6 nitrogen and oxygen atoms in total. The number of aryl methyl sites for hydroxylation is 2. The van der Waals surface area contributed by atoms with Crippen molar-refractivity contribution in [1.29, 1.82) is 0 Å². The predicted octanol–water partition coefficient (Wildman–Crippen LogP) is 2.64. The number of benzene rings is 1. The summed E-state index contributed by atoms with van der Waals surface area (Å²) in [6, 6.07) is 9.56. The molecule has 2 heterocycles. The van der Waals surface area contributed by atoms with Crippen molar-refractivity contribution in [1.82, 2.24) is 24.9 Å². The first-order valence-corrected chi connectivity index (χ1v) is 8.81. The summed E-state index contributed by atoms with van der Waals surface area (Å²) in [5, 5.41) is 11.8. The second-order valence-corrected chi connectivity index (χ2v) is 6.71. The lowest BCUT2D eigenvalue weighted by atomic mass is 10.0. The molecular formula is C20H25N5O. The third-order valence-corrected chi connectivity index (χ3v) is 4.70. The van der Waals surface area contributed by atoms with Crippen molar-refractivity contribution in [3.63, 3.8) is 0 Å². The van der Waals surface area contributed by atoms with Crippen molar-refractivity contribution in [3.8, 4) is 0 Å². The Morgan fingerprint density at radius 1 is 1.23 bits per heavy atom. The van der Waals surface area contributed by atoms with E-state index >= 15 is 0 Å². The first-order chi connectivity index (χ1) is 12.5. The Bertz CT molecular complexity index is 895. The van der Waals surface area contributed by atoms with Gasteiger partial charge in [0, 0.05) is 36.7 Å². The third kappa shape index (κ3) is 3.85. The number of hydrogen-bond acceptors (Lipinski definition) is 3. The van der Waals surface area contributed by atoms with Gasteiger partial charge in [-0.2, -0.15) is 10.2 Å². The van der Waals surface area contributed by atoms with Gasteiger partial charge in [-0.15, -0.1) is 0 Å². The second-order valence-electron chi connectivity index (χ2n) is 6.71. The molecule has 0 aliphatic heterocycles. The summed E-state index contributed by atoms with van der Waals surface area (Å²) in [7, 11) is 1.95. The molecule has 0 bridgehead atoms. The van der Waals surface area contributed by atoms with Crippen LogP contribution in [0, 0.1) is 13.8 Å². The minimum Gasteiger partial charge on any atom is -0.349 e. The zero-order valence-corrected chi connectivity index (χ0v) is 15.7. The topological polar surface area (TPSA) is 64.7 Å². The highest BCUT2D eigenvalue weighted by molar-refractivity contribution is 5.95. The van der Waals surface area contributed by atoms with Gasteiger partial charge in [0.25, 0.3) is 5.91 Å². The summed E-state index contributed by atoms with van der Waals surface area (Å²) < 4.78 is 3.70. The van der Waals surface area contributed by atoms with E-state index in [1.165, 1.54) is 5.56 Å². The first kappa shape index (κ1) is 17.9. The smallest absolute Gasteiger partial charge is 0.251 e. The zero-order valence-electron chi connectivity index (χ0n) is 15.7. The van der Waals surface area contributed by atoms with E-state index < -0.39 is 0 Å². The molecule has 0 aliphatic carbocycles. The Morgan fingerprint density at radius 2 is 2.00 bits per heavy atom. The molecule has 1 aromatic carbocycles. The van der Waals surface area contributed by atoms with Gasteiger partial charge in [-0.25, -0.2) is 0 Å². The summed E-state index contributed by atoms with van der Waals surface area (Å²) in [5.41, 5.74) is 5.00. The molecule has 0 fully saturated rings. The molecule has 0 unspecified atom stereocenters. The minimum atomic E-state index is -0.0561. The minimum absolute atomic E-state index is 0.0156. The molecule has 3 rings (SSSR count). The van der Waals surface area contributed by atoms with Gasteiger partial charge in [0.15, 0.2) is 0 Å². The van der Waals surface area contributed by atoms with Gasteiger partial charge in [-0.05, 0) is 50.5 Å². The molecule has 6 heteroatoms. The van der Waals surface area contributed by atoms with Crippen LogP contribution in [-0.2, 0) is 20.0 Å². The lowest BCUT2D eigenvalue weighted by Gasteiger charge is -2.16. The maximum Gasteiger partial charge on any atom is 0.251 e. The molecule has 26 heavy (non-hydrogen) atoms. The first-order valence-electron chi connectivity index (χ1n) is 8.81. The van der Waals surface area contributed by atoms with Gasteiger partial charge in [0.1, 0.15) is 0 Å². The average Bonchev–Trinajstić information content (AvgIpc) is 3.19. The quantitative estimate of drug-likeness (QED) is 0.742. The number of carbonyl (C=O) groups excluding carboxylic acids is 1. The molecular weight excluding hydrogens is 326 g/mol. The van der Waals surface area contributed by atoms with Crippen LogP contribution in [0.4, 0.5) is 0 Å². The largest absolute Gasteiger partial charge is 0.349 e. The van der Waals surface area contributed by atoms with Gasteiger partial charge < -0.3 is 5.32 Å². The van der Waals surface area contributed by atoms with Gasteiger partial charge in [0.2, 0.25) is 0 Å². The zero-order chi connectivity index (χ0) is 18.7. The molecule has 1 atom stereocenters. The van der Waals surface area contributed by atoms with Crippen molar-refractivity contribution in [2.75, 3.05) is 0 Å². The standard InChI is InChI=1S/C20H25N5O/c1-14(12-19-15(2)23-24(4)16(19)3)22-20(26)18-9-6-5-8-17(18)13-25-11-7-10-21-25/h5-11,14H,12-13H2,1-4H3,(H,22,26)/t14-/m0/s1. The van der Waals surface area contributed by atoms with Crippen LogP contribution in [0.2, 0.25) is 0 Å². The van der Waals surface area contributed by atoms with Crippen molar-refractivity contribution in [3.05, 3.63) is 70.8 Å². The molecule has 3 aromatic rings. The molecule has 1 N–H and O–H groups in total. The molecule has 0 spiro atoms. The maximum atomic E-state index is 12.8. The van der Waals surface area contributed by atoms with Crippen LogP contribution in [0.3, 0.4) is 0 Å². The van der Waals surface area contributed by atoms with E-state index in [1.807, 2.05) is 66.8 Å². The lowest BCUT2D eigenvalue weighted by Crippen LogP contribution is -2.35. The number of hydrogen-bond donors (Lipinski definition) is 1. The summed E-state index contributed by atoms with van der Waals surface area (Å²) in [5.74, 6) is -0.0561. The summed E-state index contributed by atoms with van der Waals surface area (Å²) >= 11 is 0. The number of aromatic nitrogens is 4. The molecule has 0 aliphatic rings. The molecule has 0 saturated carbocycles. The molecule has 2 aromatic heterocycles. The Kier molecular flexibility index (Phi) is 5.21. The Morgan fingerprint density at radius 3 is 2.65 bits per heavy atom. The summed E-state index contributed by atoms with van der Waals surface area (Å²) in [6.07, 6.45) is 4.40. The van der Waals surface area contributed by atoms with Gasteiger partial charge in [-0.3, -0.25) is 14.2 Å². The molecule has 0 radical (unpaired) electrons. The van der Waals surface area contributed by atoms with E-state index in [4.69, 9.17) is 0 Å². The number of carbonyl (C=O) groups is 1. The molecule has 1 amide bonds. The number of nitrogens with zero attached hydrogens (tertiary/aromatic N) is 4. The normalized spacial score (nSPS) is 12.2. The third-order valence-electron chi connectivity index (χ3n) is 4.70. The van der Waals surface area contributed by atoms with Crippen molar-refractivity contribution in [2.24, 2.45) is 7.05 Å². The van der Waals surface area contributed by atoms with Crippen LogP contribution in [0.5, 0.6) is 0 Å². The van der Waals surface area contributed by atoms with E-state index in [9.17, 15) is 4.79 Å². The second kappa shape index (κ2) is 7.56. The molecule has 136 valence electrons. The van der Waals surface area contributed by atoms with Crippen molar-refractivity contribution >= 4 is 5.91 Å². The fourth-order valence-corrected chi connectivity index (χ4v) is 3.22. The number of amides is 1. The van der Waals surface area contributed by atoms with Crippen LogP contribution < -0.4 is 5.32 Å². The van der Waals surface area contributed by atoms with Gasteiger partial charge in [-0.1, -0.05) is 18.2 Å².